The van der Waals surface area contributed by atoms with Crippen molar-refractivity contribution in [3.63, 3.8) is 0 Å². The van der Waals surface area contributed by atoms with Crippen LogP contribution in [0.4, 0.5) is 8.78 Å². The first-order valence-corrected chi connectivity index (χ1v) is 11.4. The van der Waals surface area contributed by atoms with Crippen LogP contribution in [0.1, 0.15) is 20.8 Å². The number of hydrogen-bond donors (Lipinski definition) is 0. The minimum absolute atomic E-state index is 0.122. The van der Waals surface area contributed by atoms with Gasteiger partial charge in [-0.3, -0.25) is 0 Å². The Labute approximate surface area is 116 Å². The van der Waals surface area contributed by atoms with E-state index in [1.54, 1.807) is 0 Å². The summed E-state index contributed by atoms with van der Waals surface area (Å²) in [6.07, 6.45) is 0. The van der Waals surface area contributed by atoms with Crippen LogP contribution in [0.2, 0.25) is 18.1 Å². The van der Waals surface area contributed by atoms with Gasteiger partial charge in [0.2, 0.25) is 8.32 Å². The van der Waals surface area contributed by atoms with Crippen LogP contribution in [0.25, 0.3) is 0 Å². The van der Waals surface area contributed by atoms with E-state index in [-0.39, 0.29) is 5.88 Å². The van der Waals surface area contributed by atoms with Crippen LogP contribution in [0.15, 0.2) is 0 Å². The molecule has 0 N–H and O–H groups in total. The second kappa shape index (κ2) is 8.85. The van der Waals surface area contributed by atoms with Crippen LogP contribution in [-0.4, -0.2) is 40.7 Å². The minimum atomic E-state index is -2.93. The maximum absolute atomic E-state index is 14.0. The smallest absolute Gasteiger partial charge is 0.237 e. The molecule has 0 saturated heterocycles. The average Bonchev–Trinajstić information content (AvgIpc) is 2.39. The normalized spacial score (nSPS) is 19.1. The van der Waals surface area contributed by atoms with E-state index in [0.717, 1.165) is 12.1 Å². The van der Waals surface area contributed by atoms with E-state index in [0.29, 0.717) is 6.04 Å². The number of halogens is 4. The van der Waals surface area contributed by atoms with E-state index < -0.39 is 34.8 Å². The predicted octanol–water partition coefficient (Wildman–Crippen LogP) is 3.96. The summed E-state index contributed by atoms with van der Waals surface area (Å²) in [5, 5.41) is -0.562. The van der Waals surface area contributed by atoms with E-state index in [4.69, 9.17) is 27.3 Å². The zero-order valence-corrected chi connectivity index (χ0v) is 14.4. The lowest BCUT2D eigenvalue weighted by molar-refractivity contribution is 0.298. The van der Waals surface area contributed by atoms with Gasteiger partial charge in [0.15, 0.2) is 9.04 Å². The monoisotopic (exact) mass is 322 g/mol. The average molecular weight is 323 g/mol. The molecule has 3 unspecified atom stereocenters. The molecule has 17 heavy (non-hydrogen) atoms. The molecular weight excluding hydrogens is 301 g/mol. The fourth-order valence-electron chi connectivity index (χ4n) is 1.90. The Hall–Kier alpha value is 0.834. The molecule has 0 aliphatic rings. The van der Waals surface area contributed by atoms with E-state index in [2.05, 4.69) is 0 Å². The van der Waals surface area contributed by atoms with Crippen molar-refractivity contribution in [2.24, 2.45) is 0 Å². The third-order valence-corrected chi connectivity index (χ3v) is 13.7. The van der Waals surface area contributed by atoms with Gasteiger partial charge in [0.25, 0.3) is 0 Å². The zero-order chi connectivity index (χ0) is 13.5. The van der Waals surface area contributed by atoms with Gasteiger partial charge in [-0.05, 0) is 18.1 Å². The quantitative estimate of drug-likeness (QED) is 0.461. The molecule has 0 bridgehead atoms. The second-order valence-corrected chi connectivity index (χ2v) is 13.1. The summed E-state index contributed by atoms with van der Waals surface area (Å²) in [6, 6.07) is 2.30. The first kappa shape index (κ1) is 17.8. The van der Waals surface area contributed by atoms with Crippen molar-refractivity contribution in [1.29, 1.82) is 0 Å². The fourth-order valence-corrected chi connectivity index (χ4v) is 12.1. The van der Waals surface area contributed by atoms with Crippen LogP contribution in [0.5, 0.6) is 0 Å². The largest absolute Gasteiger partial charge is 0.455 e. The van der Waals surface area contributed by atoms with Crippen molar-refractivity contribution in [1.82, 2.24) is 0 Å². The summed E-state index contributed by atoms with van der Waals surface area (Å²) >= 11 is 11.9. The van der Waals surface area contributed by atoms with Crippen molar-refractivity contribution in [2.45, 2.75) is 49.7 Å². The minimum Gasteiger partial charge on any atom is -0.455 e. The molecule has 0 spiro atoms. The van der Waals surface area contributed by atoms with Gasteiger partial charge < -0.3 is 4.12 Å². The highest BCUT2D eigenvalue weighted by Crippen LogP contribution is 2.30. The SMILES string of the molecule is CC[SiH](CC)O[Si](CC)(C(F)CF)C(Cl)CCl. The van der Waals surface area contributed by atoms with Gasteiger partial charge in [-0.2, -0.15) is 0 Å². The molecule has 0 rings (SSSR count). The summed E-state index contributed by atoms with van der Waals surface area (Å²) < 4.78 is 32.7. The maximum Gasteiger partial charge on any atom is 0.237 e. The molecule has 104 valence electrons. The third kappa shape index (κ3) is 4.46. The molecule has 0 aliphatic heterocycles. The van der Waals surface area contributed by atoms with Gasteiger partial charge in [0.1, 0.15) is 12.5 Å². The Kier molecular flexibility index (Phi) is 9.29. The standard InChI is InChI=1S/C10H22Cl2F2OSi2/c1-4-16(5-2)15-17(6-3,9(12)7-11)10(14)8-13/h9-10,16H,4-8H2,1-3H3. The van der Waals surface area contributed by atoms with Crippen molar-refractivity contribution >= 4 is 40.6 Å². The Bertz CT molecular complexity index is 199. The molecular formula is C10H22Cl2F2OSi2. The molecule has 0 heterocycles. The van der Waals surface area contributed by atoms with Gasteiger partial charge in [0, 0.05) is 5.88 Å². The van der Waals surface area contributed by atoms with Crippen LogP contribution >= 0.6 is 23.2 Å². The molecule has 0 aromatic carbocycles. The number of alkyl halides is 4. The Morgan fingerprint density at radius 3 is 2.12 bits per heavy atom. The number of rotatable bonds is 9. The molecule has 0 aromatic rings. The molecule has 1 nitrogen and oxygen atoms in total. The molecule has 0 aliphatic carbocycles. The lowest BCUT2D eigenvalue weighted by atomic mass is 10.8. The highest BCUT2D eigenvalue weighted by Gasteiger charge is 2.49. The van der Waals surface area contributed by atoms with Crippen molar-refractivity contribution in [2.75, 3.05) is 12.6 Å². The molecule has 0 amide bonds. The second-order valence-electron chi connectivity index (χ2n) is 4.11. The van der Waals surface area contributed by atoms with Gasteiger partial charge in [-0.25, -0.2) is 8.78 Å². The number of hydrogen-bond acceptors (Lipinski definition) is 1. The highest BCUT2D eigenvalue weighted by atomic mass is 35.5. The highest BCUT2D eigenvalue weighted by molar-refractivity contribution is 6.87. The molecule has 3 atom stereocenters. The topological polar surface area (TPSA) is 9.23 Å². The van der Waals surface area contributed by atoms with Gasteiger partial charge >= 0.3 is 0 Å². The van der Waals surface area contributed by atoms with Crippen molar-refractivity contribution < 1.29 is 12.9 Å². The molecule has 0 radical (unpaired) electrons. The van der Waals surface area contributed by atoms with Crippen LogP contribution in [-0.2, 0) is 4.12 Å². The summed E-state index contributed by atoms with van der Waals surface area (Å²) in [5.41, 5.74) is 0. The maximum atomic E-state index is 14.0. The first-order valence-electron chi connectivity index (χ1n) is 6.10. The lowest BCUT2D eigenvalue weighted by Crippen LogP contribution is -2.60. The van der Waals surface area contributed by atoms with E-state index in [1.807, 2.05) is 20.8 Å². The van der Waals surface area contributed by atoms with E-state index >= 15 is 0 Å². The van der Waals surface area contributed by atoms with Gasteiger partial charge in [0.05, 0.1) is 5.00 Å². The summed E-state index contributed by atoms with van der Waals surface area (Å²) in [6.45, 7) is 4.87. The molecule has 0 aromatic heterocycles. The Morgan fingerprint density at radius 1 is 1.29 bits per heavy atom. The zero-order valence-electron chi connectivity index (χ0n) is 10.7. The molecule has 0 saturated carbocycles. The predicted molar refractivity (Wildman–Crippen MR) is 76.7 cm³/mol. The fraction of sp³-hybridized carbons (Fsp3) is 1.00. The first-order chi connectivity index (χ1) is 8.02. The van der Waals surface area contributed by atoms with E-state index in [9.17, 15) is 8.78 Å². The van der Waals surface area contributed by atoms with Crippen LogP contribution in [0, 0.1) is 0 Å². The van der Waals surface area contributed by atoms with Gasteiger partial charge in [-0.1, -0.05) is 20.8 Å². The van der Waals surface area contributed by atoms with Crippen molar-refractivity contribution in [3.05, 3.63) is 0 Å². The lowest BCUT2D eigenvalue weighted by Gasteiger charge is -2.38. The van der Waals surface area contributed by atoms with Crippen LogP contribution in [0.3, 0.4) is 0 Å². The molecule has 7 heteroatoms. The van der Waals surface area contributed by atoms with Crippen molar-refractivity contribution in [3.8, 4) is 0 Å². The summed E-state index contributed by atoms with van der Waals surface area (Å²) in [7, 11) is -4.39. The van der Waals surface area contributed by atoms with Crippen LogP contribution < -0.4 is 0 Å². The van der Waals surface area contributed by atoms with Gasteiger partial charge in [-0.15, -0.1) is 23.2 Å². The third-order valence-electron chi connectivity index (χ3n) is 3.18. The Morgan fingerprint density at radius 2 is 1.82 bits per heavy atom. The summed E-state index contributed by atoms with van der Waals surface area (Å²) in [4.78, 5) is 0. The Balaban J connectivity index is 5.03. The molecule has 0 fully saturated rings. The van der Waals surface area contributed by atoms with E-state index in [1.165, 1.54) is 0 Å². The summed E-state index contributed by atoms with van der Waals surface area (Å²) in [5.74, 6) is -1.45.